The Morgan fingerprint density at radius 1 is 0.164 bits per heavy atom. The molecule has 6 nitrogen and oxygen atoms in total. The summed E-state index contributed by atoms with van der Waals surface area (Å²) in [7, 11) is 0. The first-order chi connectivity index (χ1) is 57.5. The summed E-state index contributed by atoms with van der Waals surface area (Å²) >= 11 is 0. The van der Waals surface area contributed by atoms with Crippen LogP contribution in [0.2, 0.25) is 0 Å². The third-order valence-electron chi connectivity index (χ3n) is 24.3. The van der Waals surface area contributed by atoms with E-state index in [1.807, 2.05) is 0 Å². The van der Waals surface area contributed by atoms with E-state index in [1.54, 1.807) is 0 Å². The summed E-state index contributed by atoms with van der Waals surface area (Å²) in [6, 6.07) is 152. The minimum Gasteiger partial charge on any atom is -0.309 e. The van der Waals surface area contributed by atoms with Crippen molar-refractivity contribution >= 4 is 98.0 Å². The first kappa shape index (κ1) is 65.2. The highest BCUT2D eigenvalue weighted by atomic mass is 15.0. The van der Waals surface area contributed by atoms with E-state index >= 15 is 0 Å². The maximum atomic E-state index is 5.86. The highest BCUT2D eigenvalue weighted by Gasteiger charge is 2.30. The fraction of sp³-hybridized carbons (Fsp3) is 0. The molecule has 24 rings (SSSR count). The van der Waals surface area contributed by atoms with E-state index in [1.165, 1.54) is 115 Å². The Labute approximate surface area is 668 Å². The summed E-state index contributed by atoms with van der Waals surface area (Å²) in [4.78, 5) is 11.6. The molecule has 0 amide bonds. The summed E-state index contributed by atoms with van der Waals surface area (Å²) < 4.78 is 9.71. The summed E-state index contributed by atoms with van der Waals surface area (Å²) in [5.74, 6) is 0.655. The van der Waals surface area contributed by atoms with Gasteiger partial charge in [-0.05, 0) is 229 Å². The summed E-state index contributed by atoms with van der Waals surface area (Å²) in [6.07, 6.45) is 0. The van der Waals surface area contributed by atoms with E-state index < -0.39 is 0 Å². The van der Waals surface area contributed by atoms with Crippen LogP contribution in [-0.4, -0.2) is 28.2 Å². The predicted molar refractivity (Wildman–Crippen MR) is 485 cm³/mol. The fourth-order valence-corrected chi connectivity index (χ4v) is 18.9. The van der Waals surface area contributed by atoms with Gasteiger partial charge in [-0.1, -0.05) is 267 Å². The van der Waals surface area contributed by atoms with Crippen molar-refractivity contribution in [3.8, 4) is 135 Å². The molecule has 23 aromatic rings. The Hall–Kier alpha value is -15.5. The van der Waals surface area contributed by atoms with Crippen LogP contribution in [0.15, 0.2) is 413 Å². The van der Waals surface area contributed by atoms with Gasteiger partial charge >= 0.3 is 0 Å². The molecule has 1 aliphatic carbocycles. The third-order valence-corrected chi connectivity index (χ3v) is 24.3. The smallest absolute Gasteiger partial charge is 0.160 e. The molecule has 116 heavy (non-hydrogen) atoms. The van der Waals surface area contributed by atoms with Crippen LogP contribution in [0.4, 0.5) is 0 Å². The average Bonchev–Trinajstić information content (AvgIpc) is 1.51. The van der Waals surface area contributed by atoms with Gasteiger partial charge in [-0.15, -0.1) is 0 Å². The largest absolute Gasteiger partial charge is 0.309 e. The zero-order valence-corrected chi connectivity index (χ0v) is 62.9. The van der Waals surface area contributed by atoms with Crippen LogP contribution >= 0.6 is 0 Å². The van der Waals surface area contributed by atoms with Gasteiger partial charge < -0.3 is 18.3 Å². The van der Waals surface area contributed by atoms with E-state index in [9.17, 15) is 0 Å². The predicted octanol–water partition coefficient (Wildman–Crippen LogP) is 29.0. The van der Waals surface area contributed by atoms with Crippen LogP contribution in [0.1, 0.15) is 0 Å². The zero-order valence-electron chi connectivity index (χ0n) is 62.9. The zero-order chi connectivity index (χ0) is 76.1. The third kappa shape index (κ3) is 10.4. The highest BCUT2D eigenvalue weighted by molar-refractivity contribution is 6.19. The van der Waals surface area contributed by atoms with Gasteiger partial charge in [0.25, 0.3) is 0 Å². The Kier molecular flexibility index (Phi) is 14.7. The molecule has 538 valence electrons. The van der Waals surface area contributed by atoms with Crippen molar-refractivity contribution in [2.45, 2.75) is 0 Å². The van der Waals surface area contributed by atoms with Gasteiger partial charge in [0.1, 0.15) is 0 Å². The summed E-state index contributed by atoms with van der Waals surface area (Å²) in [6.45, 7) is 0. The average molecular weight is 1470 g/mol. The number of nitrogens with zero attached hydrogens (tertiary/aromatic N) is 6. The van der Waals surface area contributed by atoms with E-state index in [-0.39, 0.29) is 0 Å². The molecule has 6 heteroatoms. The molecule has 18 aromatic carbocycles. The molecule has 0 saturated carbocycles. The fourth-order valence-electron chi connectivity index (χ4n) is 18.9. The first-order valence-electron chi connectivity index (χ1n) is 39.8. The van der Waals surface area contributed by atoms with Crippen LogP contribution in [0, 0.1) is 0 Å². The molecule has 0 bridgehead atoms. The normalized spacial score (nSPS) is 12.0. The molecule has 0 atom stereocenters. The lowest BCUT2D eigenvalue weighted by Gasteiger charge is -2.15. The van der Waals surface area contributed by atoms with Crippen LogP contribution in [-0.2, 0) is 0 Å². The van der Waals surface area contributed by atoms with Crippen LogP contribution < -0.4 is 0 Å². The number of para-hydroxylation sites is 2. The molecule has 0 N–H and O–H groups in total. The lowest BCUT2D eigenvalue weighted by atomic mass is 9.98. The van der Waals surface area contributed by atoms with E-state index in [4.69, 9.17) is 9.97 Å². The van der Waals surface area contributed by atoms with Crippen molar-refractivity contribution in [2.24, 2.45) is 0 Å². The van der Waals surface area contributed by atoms with Crippen molar-refractivity contribution in [3.05, 3.63) is 413 Å². The van der Waals surface area contributed by atoms with E-state index in [2.05, 4.69) is 431 Å². The van der Waals surface area contributed by atoms with Gasteiger partial charge in [0.05, 0.1) is 55.5 Å². The maximum absolute atomic E-state index is 5.86. The molecule has 0 spiro atoms. The number of hydrogen-bond acceptors (Lipinski definition) is 2. The standard InChI is InChI=1S/C110H68N6/c1-7-23-69(24-8-1)74-43-51-98-90(61-74)94-65-78(47-55-100(94)113(98)84-35-15-5-16-36-84)80-49-57-104-96(67-80)92-63-76(71-27-11-3-12-28-71)45-53-102(92)115(104)86-39-19-33-82(59-86)108-107-88-41-21-31-73-32-22-42-89(106(73)88)109(107)112-110(111-108)83-34-20-40-87(60-83)116-103-54-46-77(72-29-13-4-14-30-72)64-93(103)97-68-81(50-58-105(97)116)79-48-56-101-95(66-79)91-62-75(70-25-9-2-10-26-70)44-52-99(91)114(101)85-37-17-6-18-38-85/h1-68H. The SMILES string of the molecule is c1ccc(-c2ccc3c(c2)c2cc(-c4ccc5c(c4)c4cc(-c6ccccc6)ccc4n5-c4cccc(-c5nc(-c6cccc(-n7c8ccc(-c9ccccc9)cc8c8cc(-c9ccc%10c(c9)c9cc(-c%11ccccc%11)ccc9n%10-c9ccccc9)ccc87)c6)c6c(n5)-c5cccc7cccc-6c57)c4)ccc2n3-c2ccccc2)cc1. The molecular formula is C110H68N6. The molecule has 5 aromatic heterocycles. The van der Waals surface area contributed by atoms with Gasteiger partial charge in [-0.2, -0.15) is 0 Å². The lowest BCUT2D eigenvalue weighted by Crippen LogP contribution is -2.00. The first-order valence-corrected chi connectivity index (χ1v) is 39.8. The van der Waals surface area contributed by atoms with E-state index in [0.29, 0.717) is 5.82 Å². The second kappa shape index (κ2) is 26.1. The van der Waals surface area contributed by atoms with Crippen molar-refractivity contribution in [2.75, 3.05) is 0 Å². The molecule has 1 aliphatic rings. The Morgan fingerprint density at radius 2 is 0.414 bits per heavy atom. The second-order valence-electron chi connectivity index (χ2n) is 30.8. The van der Waals surface area contributed by atoms with Crippen molar-refractivity contribution in [3.63, 3.8) is 0 Å². The highest BCUT2D eigenvalue weighted by Crippen LogP contribution is 2.52. The Bertz CT molecular complexity index is 7960. The lowest BCUT2D eigenvalue weighted by molar-refractivity contribution is 1.16. The summed E-state index contributed by atoms with van der Waals surface area (Å²) in [5.41, 5.74) is 34.5. The summed E-state index contributed by atoms with van der Waals surface area (Å²) in [5, 5.41) is 11.9. The van der Waals surface area contributed by atoms with Gasteiger partial charge in [0.15, 0.2) is 5.82 Å². The topological polar surface area (TPSA) is 45.5 Å². The molecular weight excluding hydrogens is 1410 g/mol. The van der Waals surface area contributed by atoms with Gasteiger partial charge in [0.2, 0.25) is 0 Å². The van der Waals surface area contributed by atoms with Crippen molar-refractivity contribution < 1.29 is 0 Å². The minimum absolute atomic E-state index is 0.655. The number of aromatic nitrogens is 6. The Morgan fingerprint density at radius 3 is 0.750 bits per heavy atom. The van der Waals surface area contributed by atoms with Gasteiger partial charge in [-0.3, -0.25) is 0 Å². The molecule has 0 saturated heterocycles. The van der Waals surface area contributed by atoms with Gasteiger partial charge in [-0.25, -0.2) is 9.97 Å². The van der Waals surface area contributed by atoms with Gasteiger partial charge in [0, 0.05) is 88.1 Å². The minimum atomic E-state index is 0.655. The van der Waals surface area contributed by atoms with Crippen LogP contribution in [0.5, 0.6) is 0 Å². The second-order valence-corrected chi connectivity index (χ2v) is 30.8. The van der Waals surface area contributed by atoms with Crippen LogP contribution in [0.25, 0.3) is 233 Å². The Balaban J connectivity index is 0.654. The molecule has 0 unspecified atom stereocenters. The maximum Gasteiger partial charge on any atom is 0.160 e. The molecule has 5 heterocycles. The van der Waals surface area contributed by atoms with Crippen molar-refractivity contribution in [1.82, 2.24) is 28.2 Å². The molecule has 0 aliphatic heterocycles. The molecule has 0 fully saturated rings. The quantitative estimate of drug-likeness (QED) is 0.122. The number of hydrogen-bond donors (Lipinski definition) is 0. The monoisotopic (exact) mass is 1470 g/mol. The number of fused-ring (bicyclic) bond motifs is 15. The van der Waals surface area contributed by atoms with Crippen LogP contribution in [0.3, 0.4) is 0 Å². The number of benzene rings is 18. The number of rotatable bonds is 12. The van der Waals surface area contributed by atoms with E-state index in [0.717, 1.165) is 112 Å². The van der Waals surface area contributed by atoms with Crippen molar-refractivity contribution in [1.29, 1.82) is 0 Å². The molecule has 0 radical (unpaired) electrons.